The monoisotopic (exact) mass is 460 g/mol. The first kappa shape index (κ1) is 24.6. The smallest absolute Gasteiger partial charge is 0.175 e. The van der Waals surface area contributed by atoms with Crippen molar-refractivity contribution in [2.45, 2.75) is 50.3 Å². The molecule has 8 nitrogen and oxygen atoms in total. The van der Waals surface area contributed by atoms with Gasteiger partial charge in [-0.3, -0.25) is 0 Å². The van der Waals surface area contributed by atoms with E-state index >= 15 is 0 Å². The molecule has 0 radical (unpaired) electrons. The first-order valence-electron chi connectivity index (χ1n) is 9.51. The van der Waals surface area contributed by atoms with Gasteiger partial charge in [0.1, 0.15) is 11.5 Å². The minimum atomic E-state index is -3.26. The van der Waals surface area contributed by atoms with Gasteiger partial charge in [0.25, 0.3) is 0 Å². The maximum Gasteiger partial charge on any atom is 0.175 e. The topological polar surface area (TPSA) is 122 Å². The minimum Gasteiger partial charge on any atom is -0.493 e. The van der Waals surface area contributed by atoms with Crippen molar-refractivity contribution in [3.8, 4) is 5.75 Å². The summed E-state index contributed by atoms with van der Waals surface area (Å²) in [5.74, 6) is 1.30. The van der Waals surface area contributed by atoms with Crippen LogP contribution in [0, 0.1) is 19.3 Å². The highest BCUT2D eigenvalue weighted by Crippen LogP contribution is 2.39. The van der Waals surface area contributed by atoms with Gasteiger partial charge in [-0.2, -0.15) is 0 Å². The molecule has 30 heavy (non-hydrogen) atoms. The number of nitrogens with one attached hydrogen (secondary N) is 1. The molecule has 1 heterocycles. The standard InChI is InChI=1S/C20H28N2O6S.ClH/c1-13-17(14(2)28-22-13)10-21-11-20(8-18(23)19(24)9-20)12-27-15-4-6-16(7-5-15)29(3,25)26;/h4-7,18-19,21,23-24H,8-12H2,1-3H3;1H/t18-,19+,20?;. The van der Waals surface area contributed by atoms with Gasteiger partial charge in [0.15, 0.2) is 9.84 Å². The maximum atomic E-state index is 11.6. The summed E-state index contributed by atoms with van der Waals surface area (Å²) >= 11 is 0. The summed E-state index contributed by atoms with van der Waals surface area (Å²) < 4.78 is 34.2. The van der Waals surface area contributed by atoms with Crippen LogP contribution in [0.3, 0.4) is 0 Å². The van der Waals surface area contributed by atoms with Gasteiger partial charge in [0.05, 0.1) is 29.4 Å². The molecule has 0 spiro atoms. The van der Waals surface area contributed by atoms with Gasteiger partial charge in [0, 0.05) is 30.3 Å². The lowest BCUT2D eigenvalue weighted by atomic mass is 9.86. The van der Waals surface area contributed by atoms with Crippen LogP contribution < -0.4 is 10.1 Å². The Balaban J connectivity index is 0.00000320. The van der Waals surface area contributed by atoms with Gasteiger partial charge in [0.2, 0.25) is 0 Å². The number of rotatable bonds is 8. The normalized spacial score (nSPS) is 23.9. The van der Waals surface area contributed by atoms with Crippen LogP contribution in [-0.2, 0) is 16.4 Å². The molecule has 0 bridgehead atoms. The van der Waals surface area contributed by atoms with Crippen LogP contribution in [0.2, 0.25) is 0 Å². The summed E-state index contributed by atoms with van der Waals surface area (Å²) in [6.07, 6.45) is 0.372. The van der Waals surface area contributed by atoms with E-state index in [0.29, 0.717) is 31.7 Å². The summed E-state index contributed by atoms with van der Waals surface area (Å²) in [6.45, 7) is 5.13. The van der Waals surface area contributed by atoms with Crippen molar-refractivity contribution in [1.29, 1.82) is 0 Å². The van der Waals surface area contributed by atoms with Gasteiger partial charge >= 0.3 is 0 Å². The van der Waals surface area contributed by atoms with Crippen LogP contribution >= 0.6 is 12.4 Å². The molecule has 1 aromatic carbocycles. The summed E-state index contributed by atoms with van der Waals surface area (Å²) in [5, 5.41) is 27.5. The Kier molecular flexibility index (Phi) is 7.92. The number of benzene rings is 1. The van der Waals surface area contributed by atoms with E-state index in [1.807, 2.05) is 13.8 Å². The zero-order valence-corrected chi connectivity index (χ0v) is 18.9. The van der Waals surface area contributed by atoms with E-state index in [1.54, 1.807) is 12.1 Å². The summed E-state index contributed by atoms with van der Waals surface area (Å²) in [4.78, 5) is 0.229. The number of aliphatic hydroxyl groups excluding tert-OH is 2. The van der Waals surface area contributed by atoms with Crippen molar-refractivity contribution in [1.82, 2.24) is 10.5 Å². The number of nitrogens with zero attached hydrogens (tertiary/aromatic N) is 1. The average Bonchev–Trinajstić information content (AvgIpc) is 3.13. The van der Waals surface area contributed by atoms with Gasteiger partial charge in [-0.05, 0) is 51.0 Å². The van der Waals surface area contributed by atoms with Gasteiger partial charge in [-0.15, -0.1) is 12.4 Å². The maximum absolute atomic E-state index is 11.6. The Hall–Kier alpha value is -1.65. The van der Waals surface area contributed by atoms with Crippen LogP contribution in [0.1, 0.15) is 29.9 Å². The fourth-order valence-corrected chi connectivity index (χ4v) is 4.41. The number of aliphatic hydroxyl groups is 2. The van der Waals surface area contributed by atoms with E-state index in [0.717, 1.165) is 23.3 Å². The van der Waals surface area contributed by atoms with Crippen LogP contribution in [0.25, 0.3) is 0 Å². The molecule has 3 atom stereocenters. The molecule has 0 saturated heterocycles. The largest absolute Gasteiger partial charge is 0.493 e. The van der Waals surface area contributed by atoms with E-state index in [4.69, 9.17) is 9.26 Å². The van der Waals surface area contributed by atoms with Crippen molar-refractivity contribution in [2.24, 2.45) is 5.41 Å². The van der Waals surface area contributed by atoms with Crippen molar-refractivity contribution >= 4 is 22.2 Å². The summed E-state index contributed by atoms with van der Waals surface area (Å²) in [6, 6.07) is 6.24. The minimum absolute atomic E-state index is 0. The molecule has 10 heteroatoms. The molecule has 1 aliphatic carbocycles. The van der Waals surface area contributed by atoms with E-state index in [9.17, 15) is 18.6 Å². The number of aryl methyl sites for hydroxylation is 2. The molecule has 1 aliphatic rings. The second-order valence-electron chi connectivity index (χ2n) is 7.98. The average molecular weight is 461 g/mol. The molecule has 3 N–H and O–H groups in total. The molecule has 0 amide bonds. The number of halogens is 1. The van der Waals surface area contributed by atoms with Crippen LogP contribution in [0.15, 0.2) is 33.7 Å². The van der Waals surface area contributed by atoms with E-state index < -0.39 is 27.5 Å². The summed E-state index contributed by atoms with van der Waals surface area (Å²) in [5.41, 5.74) is 1.38. The fraction of sp³-hybridized carbons (Fsp3) is 0.550. The first-order valence-corrected chi connectivity index (χ1v) is 11.4. The number of hydrogen-bond donors (Lipinski definition) is 3. The Morgan fingerprint density at radius 3 is 2.30 bits per heavy atom. The molecule has 1 unspecified atom stereocenters. The Morgan fingerprint density at radius 2 is 1.80 bits per heavy atom. The van der Waals surface area contributed by atoms with Crippen molar-refractivity contribution in [3.05, 3.63) is 41.3 Å². The Labute approximate surface area is 182 Å². The lowest BCUT2D eigenvalue weighted by Crippen LogP contribution is -2.38. The molecule has 3 rings (SSSR count). The zero-order valence-electron chi connectivity index (χ0n) is 17.3. The Morgan fingerprint density at radius 1 is 1.20 bits per heavy atom. The fourth-order valence-electron chi connectivity index (χ4n) is 3.78. The highest BCUT2D eigenvalue weighted by atomic mass is 35.5. The number of sulfone groups is 1. The molecule has 1 aromatic heterocycles. The number of hydrogen-bond acceptors (Lipinski definition) is 8. The van der Waals surface area contributed by atoms with Crippen LogP contribution in [0.4, 0.5) is 0 Å². The van der Waals surface area contributed by atoms with E-state index in [2.05, 4.69) is 10.5 Å². The third kappa shape index (κ3) is 5.73. The molecule has 2 aromatic rings. The van der Waals surface area contributed by atoms with Crippen LogP contribution in [0.5, 0.6) is 5.75 Å². The highest BCUT2D eigenvalue weighted by Gasteiger charge is 2.44. The zero-order chi connectivity index (χ0) is 21.2. The van der Waals surface area contributed by atoms with E-state index in [-0.39, 0.29) is 23.9 Å². The lowest BCUT2D eigenvalue weighted by molar-refractivity contribution is 0.0438. The predicted molar refractivity (Wildman–Crippen MR) is 114 cm³/mol. The molecule has 168 valence electrons. The lowest BCUT2D eigenvalue weighted by Gasteiger charge is -2.29. The Bertz CT molecular complexity index is 915. The van der Waals surface area contributed by atoms with Crippen molar-refractivity contribution < 1.29 is 27.9 Å². The second kappa shape index (κ2) is 9.65. The second-order valence-corrected chi connectivity index (χ2v) is 10.00. The van der Waals surface area contributed by atoms with Crippen molar-refractivity contribution in [2.75, 3.05) is 19.4 Å². The molecular weight excluding hydrogens is 432 g/mol. The van der Waals surface area contributed by atoms with Gasteiger partial charge in [-0.25, -0.2) is 8.42 Å². The number of aromatic nitrogens is 1. The SMILES string of the molecule is Cc1noc(C)c1CNCC1(COc2ccc(S(C)(=O)=O)cc2)C[C@@H](O)[C@@H](O)C1.Cl. The third-order valence-electron chi connectivity index (χ3n) is 5.51. The predicted octanol–water partition coefficient (Wildman–Crippen LogP) is 1.79. The molecular formula is C20H29ClN2O6S. The highest BCUT2D eigenvalue weighted by molar-refractivity contribution is 7.90. The number of ether oxygens (including phenoxy) is 1. The molecule has 0 aliphatic heterocycles. The van der Waals surface area contributed by atoms with Crippen LogP contribution in [-0.4, -0.2) is 55.4 Å². The first-order chi connectivity index (χ1) is 13.6. The quantitative estimate of drug-likeness (QED) is 0.545. The van der Waals surface area contributed by atoms with Gasteiger partial charge in [-0.1, -0.05) is 5.16 Å². The van der Waals surface area contributed by atoms with Crippen molar-refractivity contribution in [3.63, 3.8) is 0 Å². The molecule has 1 saturated carbocycles. The summed E-state index contributed by atoms with van der Waals surface area (Å²) in [7, 11) is -3.26. The third-order valence-corrected chi connectivity index (χ3v) is 6.64. The molecule has 1 fully saturated rings. The van der Waals surface area contributed by atoms with Gasteiger partial charge < -0.3 is 24.8 Å². The van der Waals surface area contributed by atoms with E-state index in [1.165, 1.54) is 12.1 Å².